The number of nitrogens with zero attached hydrogens (tertiary/aromatic N) is 4. The van der Waals surface area contributed by atoms with Crippen LogP contribution in [0.2, 0.25) is 5.02 Å². The van der Waals surface area contributed by atoms with E-state index in [1.54, 1.807) is 0 Å². The molecule has 1 fully saturated rings. The molecule has 1 saturated carbocycles. The standard InChI is InChI=1S/C24H23ClN4O/c1-14-4-8-21(16(3)26-14)30-22-9-7-18(13-20(22)25)19-10-11-29-23(12-17-5-6-17)27-28-24(29)15(19)2/h4,7-11,13,17H,5-6,12H2,1-3H3. The van der Waals surface area contributed by atoms with Gasteiger partial charge in [0.2, 0.25) is 0 Å². The van der Waals surface area contributed by atoms with Gasteiger partial charge < -0.3 is 4.74 Å². The van der Waals surface area contributed by atoms with Crippen LogP contribution in [0, 0.1) is 26.7 Å². The Hall–Kier alpha value is -2.92. The van der Waals surface area contributed by atoms with Crippen molar-refractivity contribution in [3.8, 4) is 22.6 Å². The molecular weight excluding hydrogens is 396 g/mol. The van der Waals surface area contributed by atoms with Crippen molar-refractivity contribution >= 4 is 17.2 Å². The number of pyridine rings is 2. The summed E-state index contributed by atoms with van der Waals surface area (Å²) in [5.41, 5.74) is 5.91. The van der Waals surface area contributed by atoms with Crippen LogP contribution < -0.4 is 4.74 Å². The second kappa shape index (κ2) is 7.40. The molecule has 5 rings (SSSR count). The molecule has 0 aliphatic heterocycles. The van der Waals surface area contributed by atoms with Gasteiger partial charge in [0, 0.05) is 23.9 Å². The molecule has 4 aromatic rings. The zero-order valence-electron chi connectivity index (χ0n) is 17.3. The molecule has 3 heterocycles. The number of hydrogen-bond donors (Lipinski definition) is 0. The zero-order valence-corrected chi connectivity index (χ0v) is 18.1. The number of hydrogen-bond acceptors (Lipinski definition) is 4. The topological polar surface area (TPSA) is 52.3 Å². The number of ether oxygens (including phenoxy) is 1. The number of benzene rings is 1. The largest absolute Gasteiger partial charge is 0.454 e. The maximum absolute atomic E-state index is 6.57. The molecule has 0 unspecified atom stereocenters. The van der Waals surface area contributed by atoms with Crippen molar-refractivity contribution in [1.82, 2.24) is 19.6 Å². The number of fused-ring (bicyclic) bond motifs is 1. The zero-order chi connectivity index (χ0) is 20.8. The Morgan fingerprint density at radius 3 is 2.57 bits per heavy atom. The Kier molecular flexibility index (Phi) is 4.70. The summed E-state index contributed by atoms with van der Waals surface area (Å²) in [4.78, 5) is 4.45. The molecule has 1 aromatic carbocycles. The van der Waals surface area contributed by atoms with E-state index in [1.165, 1.54) is 12.8 Å². The molecule has 0 amide bonds. The summed E-state index contributed by atoms with van der Waals surface area (Å²) in [5, 5.41) is 9.43. The van der Waals surface area contributed by atoms with Crippen LogP contribution in [-0.2, 0) is 6.42 Å². The van der Waals surface area contributed by atoms with Gasteiger partial charge in [-0.25, -0.2) is 0 Å². The van der Waals surface area contributed by atoms with E-state index in [-0.39, 0.29) is 0 Å². The highest BCUT2D eigenvalue weighted by molar-refractivity contribution is 6.32. The first-order valence-electron chi connectivity index (χ1n) is 10.2. The lowest BCUT2D eigenvalue weighted by atomic mass is 10.0. The summed E-state index contributed by atoms with van der Waals surface area (Å²) in [6.45, 7) is 5.97. The molecule has 1 aliphatic rings. The van der Waals surface area contributed by atoms with E-state index in [4.69, 9.17) is 16.3 Å². The third kappa shape index (κ3) is 3.54. The summed E-state index contributed by atoms with van der Waals surface area (Å²) in [6.07, 6.45) is 5.67. The lowest BCUT2D eigenvalue weighted by Crippen LogP contribution is -1.98. The molecule has 0 spiro atoms. The smallest absolute Gasteiger partial charge is 0.164 e. The van der Waals surface area contributed by atoms with E-state index in [2.05, 4.69) is 38.8 Å². The highest BCUT2D eigenvalue weighted by Crippen LogP contribution is 2.36. The van der Waals surface area contributed by atoms with Gasteiger partial charge in [-0.2, -0.15) is 0 Å². The molecule has 0 saturated heterocycles. The minimum Gasteiger partial charge on any atom is -0.454 e. The molecule has 152 valence electrons. The molecule has 0 atom stereocenters. The Balaban J connectivity index is 1.46. The average molecular weight is 419 g/mol. The van der Waals surface area contributed by atoms with Crippen molar-refractivity contribution in [2.75, 3.05) is 0 Å². The van der Waals surface area contributed by atoms with Crippen LogP contribution in [-0.4, -0.2) is 19.6 Å². The van der Waals surface area contributed by atoms with E-state index < -0.39 is 0 Å². The van der Waals surface area contributed by atoms with E-state index in [0.29, 0.717) is 16.5 Å². The maximum Gasteiger partial charge on any atom is 0.164 e. The van der Waals surface area contributed by atoms with E-state index in [0.717, 1.165) is 51.9 Å². The van der Waals surface area contributed by atoms with E-state index >= 15 is 0 Å². The minimum atomic E-state index is 0.558. The Labute approximate surface area is 180 Å². The Morgan fingerprint density at radius 2 is 1.83 bits per heavy atom. The second-order valence-electron chi connectivity index (χ2n) is 8.10. The van der Waals surface area contributed by atoms with Gasteiger partial charge in [-0.3, -0.25) is 9.38 Å². The first-order chi connectivity index (χ1) is 14.5. The van der Waals surface area contributed by atoms with Crippen molar-refractivity contribution in [1.29, 1.82) is 0 Å². The first kappa shape index (κ1) is 19.1. The lowest BCUT2D eigenvalue weighted by molar-refractivity contribution is 0.475. The molecular formula is C24H23ClN4O. The molecule has 5 nitrogen and oxygen atoms in total. The van der Waals surface area contributed by atoms with Gasteiger partial charge >= 0.3 is 0 Å². The van der Waals surface area contributed by atoms with Crippen LogP contribution in [0.15, 0.2) is 42.6 Å². The van der Waals surface area contributed by atoms with Crippen molar-refractivity contribution in [3.05, 3.63) is 70.4 Å². The molecule has 0 radical (unpaired) electrons. The molecule has 1 aliphatic carbocycles. The first-order valence-corrected chi connectivity index (χ1v) is 10.6. The van der Waals surface area contributed by atoms with E-state index in [1.807, 2.05) is 44.2 Å². The van der Waals surface area contributed by atoms with Crippen LogP contribution in [0.4, 0.5) is 0 Å². The average Bonchev–Trinajstić information content (AvgIpc) is 3.44. The van der Waals surface area contributed by atoms with Gasteiger partial charge in [-0.1, -0.05) is 17.7 Å². The predicted molar refractivity (Wildman–Crippen MR) is 118 cm³/mol. The van der Waals surface area contributed by atoms with Crippen LogP contribution in [0.25, 0.3) is 16.8 Å². The number of aryl methyl sites for hydroxylation is 3. The van der Waals surface area contributed by atoms with Crippen LogP contribution >= 0.6 is 11.6 Å². The fourth-order valence-corrected chi connectivity index (χ4v) is 4.03. The quantitative estimate of drug-likeness (QED) is 0.392. The summed E-state index contributed by atoms with van der Waals surface area (Å²) in [7, 11) is 0. The highest BCUT2D eigenvalue weighted by Gasteiger charge is 2.24. The number of aromatic nitrogens is 4. The molecule has 0 bridgehead atoms. The molecule has 30 heavy (non-hydrogen) atoms. The normalized spacial score (nSPS) is 13.7. The minimum absolute atomic E-state index is 0.558. The van der Waals surface area contributed by atoms with Crippen molar-refractivity contribution in [3.63, 3.8) is 0 Å². The second-order valence-corrected chi connectivity index (χ2v) is 8.50. The third-order valence-electron chi connectivity index (χ3n) is 5.70. The fourth-order valence-electron chi connectivity index (χ4n) is 3.81. The molecule has 6 heteroatoms. The van der Waals surface area contributed by atoms with Crippen LogP contribution in [0.1, 0.15) is 35.6 Å². The number of rotatable bonds is 5. The van der Waals surface area contributed by atoms with Crippen molar-refractivity contribution < 1.29 is 4.74 Å². The van der Waals surface area contributed by atoms with Gasteiger partial charge in [0.05, 0.1) is 10.7 Å². The van der Waals surface area contributed by atoms with Gasteiger partial charge in [-0.15, -0.1) is 10.2 Å². The molecule has 3 aromatic heterocycles. The highest BCUT2D eigenvalue weighted by atomic mass is 35.5. The van der Waals surface area contributed by atoms with Gasteiger partial charge in [0.15, 0.2) is 5.65 Å². The van der Waals surface area contributed by atoms with Gasteiger partial charge in [-0.05, 0) is 81.0 Å². The lowest BCUT2D eigenvalue weighted by Gasteiger charge is -2.13. The maximum atomic E-state index is 6.57. The third-order valence-corrected chi connectivity index (χ3v) is 6.00. The summed E-state index contributed by atoms with van der Waals surface area (Å²) in [5.74, 6) is 3.14. The summed E-state index contributed by atoms with van der Waals surface area (Å²) < 4.78 is 8.13. The van der Waals surface area contributed by atoms with Crippen molar-refractivity contribution in [2.45, 2.75) is 40.0 Å². The van der Waals surface area contributed by atoms with E-state index in [9.17, 15) is 0 Å². The number of halogens is 1. The Morgan fingerprint density at radius 1 is 1.03 bits per heavy atom. The molecule has 0 N–H and O–H groups in total. The Bertz CT molecular complexity index is 1260. The van der Waals surface area contributed by atoms with Crippen molar-refractivity contribution in [2.24, 2.45) is 5.92 Å². The predicted octanol–water partition coefficient (Wildman–Crippen LogP) is 6.11. The van der Waals surface area contributed by atoms with Gasteiger partial charge in [0.1, 0.15) is 17.3 Å². The monoisotopic (exact) mass is 418 g/mol. The van der Waals surface area contributed by atoms with Crippen LogP contribution in [0.5, 0.6) is 11.5 Å². The van der Waals surface area contributed by atoms with Gasteiger partial charge in [0.25, 0.3) is 0 Å². The summed E-state index contributed by atoms with van der Waals surface area (Å²) >= 11 is 6.57. The van der Waals surface area contributed by atoms with Crippen LogP contribution in [0.3, 0.4) is 0 Å². The SMILES string of the molecule is Cc1ccc(Oc2ccc(-c3ccn4c(CC5CC5)nnc4c3C)cc2Cl)c(C)n1. The summed E-state index contributed by atoms with van der Waals surface area (Å²) in [6, 6.07) is 11.8. The fraction of sp³-hybridized carbons (Fsp3) is 0.292.